The lowest BCUT2D eigenvalue weighted by Crippen LogP contribution is -2.35. The Balaban J connectivity index is 3.70. The molecule has 3 heteroatoms. The van der Waals surface area contributed by atoms with Crippen molar-refractivity contribution in [2.24, 2.45) is 11.8 Å². The highest BCUT2D eigenvalue weighted by atomic mass is 16.6. The van der Waals surface area contributed by atoms with Gasteiger partial charge in [0.1, 0.15) is 0 Å². The van der Waals surface area contributed by atoms with Crippen LogP contribution < -0.4 is 0 Å². The molecule has 20 heavy (non-hydrogen) atoms. The summed E-state index contributed by atoms with van der Waals surface area (Å²) in [6.07, 6.45) is 6.92. The number of carbonyl (C=O) groups excluding carboxylic acids is 1. The lowest BCUT2D eigenvalue weighted by Gasteiger charge is -2.20. The summed E-state index contributed by atoms with van der Waals surface area (Å²) < 4.78 is 5.22. The van der Waals surface area contributed by atoms with Crippen LogP contribution in [0.1, 0.15) is 80.1 Å². The van der Waals surface area contributed by atoms with Crippen LogP contribution in [0.2, 0.25) is 0 Å². The van der Waals surface area contributed by atoms with Gasteiger partial charge in [-0.2, -0.15) is 0 Å². The second kappa shape index (κ2) is 9.38. The quantitative estimate of drug-likeness (QED) is 0.608. The SMILES string of the molecule is CC(C)CCCC(C)CCCC(C)OC(=O)C(C)(C)O. The van der Waals surface area contributed by atoms with E-state index in [4.69, 9.17) is 4.74 Å². The Hall–Kier alpha value is -0.570. The maximum absolute atomic E-state index is 11.5. The summed E-state index contributed by atoms with van der Waals surface area (Å²) in [5.41, 5.74) is -1.39. The van der Waals surface area contributed by atoms with Gasteiger partial charge in [0.15, 0.2) is 5.60 Å². The first kappa shape index (κ1) is 19.4. The Kier molecular flexibility index (Phi) is 9.11. The summed E-state index contributed by atoms with van der Waals surface area (Å²) in [5, 5.41) is 9.52. The topological polar surface area (TPSA) is 46.5 Å². The van der Waals surface area contributed by atoms with Crippen LogP contribution in [0.3, 0.4) is 0 Å². The highest BCUT2D eigenvalue weighted by Gasteiger charge is 2.27. The molecule has 2 unspecified atom stereocenters. The smallest absolute Gasteiger partial charge is 0.337 e. The highest BCUT2D eigenvalue weighted by molar-refractivity contribution is 5.78. The molecule has 0 saturated carbocycles. The lowest BCUT2D eigenvalue weighted by molar-refractivity contribution is -0.167. The summed E-state index contributed by atoms with van der Waals surface area (Å²) in [6.45, 7) is 11.6. The van der Waals surface area contributed by atoms with Crippen molar-refractivity contribution in [3.8, 4) is 0 Å². The van der Waals surface area contributed by atoms with Crippen LogP contribution in [0.15, 0.2) is 0 Å². The molecule has 3 nitrogen and oxygen atoms in total. The third kappa shape index (κ3) is 10.2. The van der Waals surface area contributed by atoms with Gasteiger partial charge in [0.25, 0.3) is 0 Å². The second-order valence-electron chi connectivity index (χ2n) is 7.14. The zero-order valence-electron chi connectivity index (χ0n) is 14.2. The lowest BCUT2D eigenvalue weighted by atomic mass is 9.95. The number of carbonyl (C=O) groups is 1. The van der Waals surface area contributed by atoms with Crippen molar-refractivity contribution in [3.05, 3.63) is 0 Å². The van der Waals surface area contributed by atoms with Crippen LogP contribution in [-0.2, 0) is 9.53 Å². The molecule has 0 aromatic heterocycles. The summed E-state index contributed by atoms with van der Waals surface area (Å²) >= 11 is 0. The average molecular weight is 286 g/mol. The van der Waals surface area contributed by atoms with E-state index >= 15 is 0 Å². The molecule has 120 valence electrons. The van der Waals surface area contributed by atoms with Crippen molar-refractivity contribution in [1.29, 1.82) is 0 Å². The molecule has 0 saturated heterocycles. The molecule has 0 fully saturated rings. The number of hydrogen-bond donors (Lipinski definition) is 1. The van der Waals surface area contributed by atoms with E-state index in [0.717, 1.165) is 24.7 Å². The number of ether oxygens (including phenoxy) is 1. The molecule has 0 aliphatic rings. The van der Waals surface area contributed by atoms with Gasteiger partial charge in [0.05, 0.1) is 6.10 Å². The predicted molar refractivity (Wildman–Crippen MR) is 83.6 cm³/mol. The van der Waals surface area contributed by atoms with Crippen molar-refractivity contribution < 1.29 is 14.6 Å². The molecule has 0 amide bonds. The van der Waals surface area contributed by atoms with Crippen molar-refractivity contribution >= 4 is 5.97 Å². The van der Waals surface area contributed by atoms with E-state index in [1.807, 2.05) is 6.92 Å². The van der Waals surface area contributed by atoms with Crippen LogP contribution in [-0.4, -0.2) is 22.8 Å². The van der Waals surface area contributed by atoms with Gasteiger partial charge in [-0.1, -0.05) is 46.5 Å². The summed E-state index contributed by atoms with van der Waals surface area (Å²) in [6, 6.07) is 0. The first-order chi connectivity index (χ1) is 9.12. The predicted octanol–water partition coefficient (Wildman–Crippen LogP) is 4.32. The van der Waals surface area contributed by atoms with Crippen molar-refractivity contribution in [2.45, 2.75) is 91.8 Å². The maximum atomic E-state index is 11.5. The van der Waals surface area contributed by atoms with Crippen LogP contribution in [0.5, 0.6) is 0 Å². The third-order valence-corrected chi connectivity index (χ3v) is 3.59. The molecule has 0 aromatic carbocycles. The summed E-state index contributed by atoms with van der Waals surface area (Å²) in [4.78, 5) is 11.5. The van der Waals surface area contributed by atoms with Crippen LogP contribution in [0.4, 0.5) is 0 Å². The number of hydrogen-bond acceptors (Lipinski definition) is 3. The molecule has 0 aliphatic heterocycles. The molecular formula is C17H34O3. The minimum absolute atomic E-state index is 0.114. The van der Waals surface area contributed by atoms with Crippen molar-refractivity contribution in [3.63, 3.8) is 0 Å². The van der Waals surface area contributed by atoms with E-state index in [1.165, 1.54) is 39.5 Å². The molecule has 0 rings (SSSR count). The molecule has 0 radical (unpaired) electrons. The van der Waals surface area contributed by atoms with E-state index < -0.39 is 11.6 Å². The van der Waals surface area contributed by atoms with Gasteiger partial charge in [-0.25, -0.2) is 4.79 Å². The average Bonchev–Trinajstić information content (AvgIpc) is 2.26. The minimum atomic E-state index is -1.39. The van der Waals surface area contributed by atoms with Gasteiger partial charge in [0.2, 0.25) is 0 Å². The zero-order chi connectivity index (χ0) is 15.8. The normalized spacial score (nSPS) is 15.2. The van der Waals surface area contributed by atoms with Gasteiger partial charge < -0.3 is 9.84 Å². The number of aliphatic hydroxyl groups is 1. The monoisotopic (exact) mass is 286 g/mol. The Morgan fingerprint density at radius 1 is 1.00 bits per heavy atom. The summed E-state index contributed by atoms with van der Waals surface area (Å²) in [7, 11) is 0. The molecule has 1 N–H and O–H groups in total. The van der Waals surface area contributed by atoms with Gasteiger partial charge in [-0.3, -0.25) is 0 Å². The van der Waals surface area contributed by atoms with Gasteiger partial charge >= 0.3 is 5.97 Å². The van der Waals surface area contributed by atoms with E-state index in [-0.39, 0.29) is 6.10 Å². The second-order valence-corrected chi connectivity index (χ2v) is 7.14. The van der Waals surface area contributed by atoms with Crippen LogP contribution in [0, 0.1) is 11.8 Å². The molecule has 0 bridgehead atoms. The zero-order valence-corrected chi connectivity index (χ0v) is 14.2. The first-order valence-electron chi connectivity index (χ1n) is 8.06. The summed E-state index contributed by atoms with van der Waals surface area (Å²) in [5.74, 6) is 1.00. The van der Waals surface area contributed by atoms with Crippen molar-refractivity contribution in [2.75, 3.05) is 0 Å². The third-order valence-electron chi connectivity index (χ3n) is 3.59. The molecule has 0 spiro atoms. The Labute approximate surface area is 125 Å². The fourth-order valence-corrected chi connectivity index (χ4v) is 2.16. The van der Waals surface area contributed by atoms with E-state index in [1.54, 1.807) is 0 Å². The fourth-order valence-electron chi connectivity index (χ4n) is 2.16. The van der Waals surface area contributed by atoms with E-state index in [0.29, 0.717) is 0 Å². The molecule has 0 aliphatic carbocycles. The highest BCUT2D eigenvalue weighted by Crippen LogP contribution is 2.19. The largest absolute Gasteiger partial charge is 0.461 e. The standard InChI is InChI=1S/C17H34O3/c1-13(2)9-7-10-14(3)11-8-12-15(4)20-16(18)17(5,6)19/h13-15,19H,7-12H2,1-6H3. The molecule has 0 heterocycles. The molecule has 2 atom stereocenters. The maximum Gasteiger partial charge on any atom is 0.337 e. The number of esters is 1. The molecule has 0 aromatic rings. The minimum Gasteiger partial charge on any atom is -0.461 e. The van der Waals surface area contributed by atoms with Crippen molar-refractivity contribution in [1.82, 2.24) is 0 Å². The Morgan fingerprint density at radius 3 is 1.95 bits per heavy atom. The number of rotatable bonds is 10. The van der Waals surface area contributed by atoms with Gasteiger partial charge in [0, 0.05) is 0 Å². The Morgan fingerprint density at radius 2 is 1.50 bits per heavy atom. The van der Waals surface area contributed by atoms with Gasteiger partial charge in [-0.15, -0.1) is 0 Å². The van der Waals surface area contributed by atoms with Gasteiger partial charge in [-0.05, 0) is 45.4 Å². The Bertz CT molecular complexity index is 266. The van der Waals surface area contributed by atoms with E-state index in [9.17, 15) is 9.90 Å². The fraction of sp³-hybridized carbons (Fsp3) is 0.941. The van der Waals surface area contributed by atoms with Crippen LogP contribution >= 0.6 is 0 Å². The molecular weight excluding hydrogens is 252 g/mol. The van der Waals surface area contributed by atoms with Crippen LogP contribution in [0.25, 0.3) is 0 Å². The van der Waals surface area contributed by atoms with E-state index in [2.05, 4.69) is 20.8 Å². The first-order valence-corrected chi connectivity index (χ1v) is 8.06.